The average Bonchev–Trinajstić information content (AvgIpc) is 2.33. The fourth-order valence-electron chi connectivity index (χ4n) is 2.12. The molecule has 1 rings (SSSR count). The summed E-state index contributed by atoms with van der Waals surface area (Å²) in [6.07, 6.45) is 6.62. The molecule has 0 saturated carbocycles. The molecule has 1 aromatic rings. The topological polar surface area (TPSA) is 43.1 Å². The zero-order chi connectivity index (χ0) is 12.7. The van der Waals surface area contributed by atoms with Crippen LogP contribution < -0.4 is 5.73 Å². The van der Waals surface area contributed by atoms with E-state index >= 15 is 0 Å². The van der Waals surface area contributed by atoms with Crippen LogP contribution >= 0.6 is 0 Å². The lowest BCUT2D eigenvalue weighted by atomic mass is 9.93. The zero-order valence-corrected chi connectivity index (χ0v) is 11.0. The van der Waals surface area contributed by atoms with Gasteiger partial charge in [-0.05, 0) is 42.9 Å². The first-order chi connectivity index (χ1) is 8.20. The molecule has 2 heteroatoms. The summed E-state index contributed by atoms with van der Waals surface area (Å²) in [7, 11) is 0. The molecule has 0 spiro atoms. The molecular weight excluding hydrogens is 222 g/mol. The van der Waals surface area contributed by atoms with Gasteiger partial charge < -0.3 is 5.73 Å². The maximum Gasteiger partial charge on any atom is 0.248 e. The number of primary amides is 1. The van der Waals surface area contributed by atoms with Crippen molar-refractivity contribution < 1.29 is 4.79 Å². The second-order valence-corrected chi connectivity index (χ2v) is 4.51. The molecule has 0 bridgehead atoms. The van der Waals surface area contributed by atoms with Gasteiger partial charge in [-0.3, -0.25) is 4.79 Å². The Hall–Kier alpha value is -1.31. The third-order valence-corrected chi connectivity index (χ3v) is 3.12. The van der Waals surface area contributed by atoms with Crippen LogP contribution in [0.2, 0.25) is 0 Å². The Morgan fingerprint density at radius 1 is 1.11 bits per heavy atom. The van der Waals surface area contributed by atoms with E-state index in [1.165, 1.54) is 24.0 Å². The second kappa shape index (κ2) is 8.73. The maximum absolute atomic E-state index is 11.4. The Bertz CT molecular complexity index is 371. The van der Waals surface area contributed by atoms with E-state index in [4.69, 9.17) is 5.73 Å². The largest absolute Gasteiger partial charge is 0.366 e. The van der Waals surface area contributed by atoms with Crippen molar-refractivity contribution in [2.75, 3.05) is 0 Å². The quantitative estimate of drug-likeness (QED) is 0.776. The molecule has 2 N–H and O–H groups in total. The number of carbonyl (C=O) groups is 1. The Balaban J connectivity index is 0.00000289. The molecule has 0 unspecified atom stereocenters. The van der Waals surface area contributed by atoms with Crippen LogP contribution in [0, 0.1) is 0 Å². The number of nitrogens with two attached hydrogens (primary N) is 1. The van der Waals surface area contributed by atoms with Crippen LogP contribution in [-0.4, -0.2) is 5.91 Å². The lowest BCUT2D eigenvalue weighted by molar-refractivity contribution is 0.0999. The van der Waals surface area contributed by atoms with E-state index in [1.54, 1.807) is 0 Å². The summed E-state index contributed by atoms with van der Waals surface area (Å²) in [5, 5.41) is 0. The van der Waals surface area contributed by atoms with E-state index in [-0.39, 0.29) is 13.3 Å². The summed E-state index contributed by atoms with van der Waals surface area (Å²) in [5.41, 5.74) is 8.64. The highest BCUT2D eigenvalue weighted by atomic mass is 16.1. The number of unbranched alkanes of at least 4 members (excludes halogenated alkanes) is 2. The molecule has 0 atom stereocenters. The summed E-state index contributed by atoms with van der Waals surface area (Å²) in [6.45, 7) is 4.35. The smallest absolute Gasteiger partial charge is 0.248 e. The predicted molar refractivity (Wildman–Crippen MR) is 78.9 cm³/mol. The molecule has 0 fully saturated rings. The van der Waals surface area contributed by atoms with Gasteiger partial charge in [0.15, 0.2) is 0 Å². The summed E-state index contributed by atoms with van der Waals surface area (Å²) < 4.78 is 0. The molecule has 0 heterocycles. The number of hydrogen-bond acceptors (Lipinski definition) is 1. The normalized spacial score (nSPS) is 9.89. The third-order valence-electron chi connectivity index (χ3n) is 3.12. The highest BCUT2D eigenvalue weighted by Crippen LogP contribution is 2.19. The van der Waals surface area contributed by atoms with Gasteiger partial charge >= 0.3 is 0 Å². The van der Waals surface area contributed by atoms with Gasteiger partial charge in [-0.25, -0.2) is 0 Å². The fraction of sp³-hybridized carbons (Fsp3) is 0.562. The molecule has 0 aromatic heterocycles. The Morgan fingerprint density at radius 3 is 2.28 bits per heavy atom. The first-order valence-corrected chi connectivity index (χ1v) is 6.61. The minimum absolute atomic E-state index is 0. The van der Waals surface area contributed by atoms with Gasteiger partial charge in [-0.15, -0.1) is 0 Å². The summed E-state index contributed by atoms with van der Waals surface area (Å²) in [6, 6.07) is 5.93. The minimum atomic E-state index is -0.297. The number of aryl methyl sites for hydroxylation is 1. The van der Waals surface area contributed by atoms with Crippen LogP contribution in [0.25, 0.3) is 0 Å². The van der Waals surface area contributed by atoms with Gasteiger partial charge in [0.2, 0.25) is 5.91 Å². The van der Waals surface area contributed by atoms with E-state index < -0.39 is 0 Å². The van der Waals surface area contributed by atoms with Crippen molar-refractivity contribution in [3.05, 3.63) is 34.9 Å². The highest BCUT2D eigenvalue weighted by molar-refractivity contribution is 5.94. The minimum Gasteiger partial charge on any atom is -0.366 e. The molecule has 1 aromatic carbocycles. The van der Waals surface area contributed by atoms with E-state index in [1.807, 2.05) is 12.1 Å². The zero-order valence-electron chi connectivity index (χ0n) is 11.0. The monoisotopic (exact) mass is 249 g/mol. The standard InChI is InChI=1S/C15H23NO.CH4/c1-3-5-8-12-9-7-11-14(15(16)17)13(12)10-6-4-2;/h7,9,11H,3-6,8,10H2,1-2H3,(H2,16,17);1H4. The maximum atomic E-state index is 11.4. The molecule has 0 radical (unpaired) electrons. The fourth-order valence-corrected chi connectivity index (χ4v) is 2.12. The number of carbonyl (C=O) groups excluding carboxylic acids is 1. The first-order valence-electron chi connectivity index (χ1n) is 6.61. The van der Waals surface area contributed by atoms with Gasteiger partial charge in [0.05, 0.1) is 0 Å². The van der Waals surface area contributed by atoms with Crippen LogP contribution in [0.5, 0.6) is 0 Å². The molecule has 0 aliphatic rings. The predicted octanol–water partition coefficient (Wildman–Crippen LogP) is 4.11. The number of amides is 1. The molecule has 0 aliphatic carbocycles. The van der Waals surface area contributed by atoms with Crippen molar-refractivity contribution in [3.8, 4) is 0 Å². The lowest BCUT2D eigenvalue weighted by Crippen LogP contribution is -2.15. The van der Waals surface area contributed by atoms with E-state index in [9.17, 15) is 4.79 Å². The second-order valence-electron chi connectivity index (χ2n) is 4.51. The Labute approximate surface area is 112 Å². The number of hydrogen-bond donors (Lipinski definition) is 1. The van der Waals surface area contributed by atoms with E-state index in [0.29, 0.717) is 5.56 Å². The van der Waals surface area contributed by atoms with Crippen LogP contribution in [0.4, 0.5) is 0 Å². The highest BCUT2D eigenvalue weighted by Gasteiger charge is 2.11. The third kappa shape index (κ3) is 4.52. The van der Waals surface area contributed by atoms with Gasteiger partial charge in [0.1, 0.15) is 0 Å². The van der Waals surface area contributed by atoms with Crippen LogP contribution in [0.1, 0.15) is 68.4 Å². The van der Waals surface area contributed by atoms with Crippen molar-refractivity contribution in [2.24, 2.45) is 5.73 Å². The number of rotatable bonds is 7. The van der Waals surface area contributed by atoms with Gasteiger partial charge in [-0.1, -0.05) is 46.2 Å². The lowest BCUT2D eigenvalue weighted by Gasteiger charge is -2.12. The van der Waals surface area contributed by atoms with Crippen molar-refractivity contribution in [2.45, 2.75) is 59.8 Å². The molecular formula is C16H27NO. The molecule has 0 saturated heterocycles. The molecule has 102 valence electrons. The van der Waals surface area contributed by atoms with Crippen molar-refractivity contribution in [3.63, 3.8) is 0 Å². The Morgan fingerprint density at radius 2 is 1.72 bits per heavy atom. The van der Waals surface area contributed by atoms with Crippen molar-refractivity contribution >= 4 is 5.91 Å². The van der Waals surface area contributed by atoms with Gasteiger partial charge in [0.25, 0.3) is 0 Å². The van der Waals surface area contributed by atoms with E-state index in [0.717, 1.165) is 25.7 Å². The van der Waals surface area contributed by atoms with Crippen molar-refractivity contribution in [1.29, 1.82) is 0 Å². The van der Waals surface area contributed by atoms with Crippen molar-refractivity contribution in [1.82, 2.24) is 0 Å². The Kier molecular flexibility index (Phi) is 8.10. The summed E-state index contributed by atoms with van der Waals surface area (Å²) in [4.78, 5) is 11.4. The average molecular weight is 249 g/mol. The summed E-state index contributed by atoms with van der Waals surface area (Å²) in [5.74, 6) is -0.297. The SMILES string of the molecule is C.CCCCc1cccc(C(N)=O)c1CCCC. The van der Waals surface area contributed by atoms with E-state index in [2.05, 4.69) is 19.9 Å². The summed E-state index contributed by atoms with van der Waals surface area (Å²) >= 11 is 0. The molecule has 0 aliphatic heterocycles. The van der Waals surface area contributed by atoms with Crippen LogP contribution in [0.15, 0.2) is 18.2 Å². The molecule has 2 nitrogen and oxygen atoms in total. The van der Waals surface area contributed by atoms with Crippen LogP contribution in [-0.2, 0) is 12.8 Å². The van der Waals surface area contributed by atoms with Gasteiger partial charge in [-0.2, -0.15) is 0 Å². The van der Waals surface area contributed by atoms with Crippen LogP contribution in [0.3, 0.4) is 0 Å². The first kappa shape index (κ1) is 16.7. The molecule has 18 heavy (non-hydrogen) atoms. The van der Waals surface area contributed by atoms with Gasteiger partial charge in [0, 0.05) is 5.56 Å². The molecule has 1 amide bonds. The number of benzene rings is 1.